The monoisotopic (exact) mass is 270 g/mol. The molecule has 2 saturated carbocycles. The van der Waals surface area contributed by atoms with Crippen LogP contribution in [0.15, 0.2) is 0 Å². The highest BCUT2D eigenvalue weighted by atomic mass is 16.5. The van der Waals surface area contributed by atoms with Crippen LogP contribution >= 0.6 is 0 Å². The van der Waals surface area contributed by atoms with Crippen molar-refractivity contribution in [2.75, 3.05) is 20.3 Å². The fourth-order valence-electron chi connectivity index (χ4n) is 2.54. The van der Waals surface area contributed by atoms with Crippen molar-refractivity contribution in [1.29, 1.82) is 0 Å². The van der Waals surface area contributed by atoms with Crippen LogP contribution in [0.3, 0.4) is 0 Å². The van der Waals surface area contributed by atoms with Gasteiger partial charge in [-0.1, -0.05) is 0 Å². The van der Waals surface area contributed by atoms with E-state index in [4.69, 9.17) is 9.47 Å². The second-order valence-electron chi connectivity index (χ2n) is 5.44. The number of nitrogens with one attached hydrogen (secondary N) is 2. The highest BCUT2D eigenvalue weighted by molar-refractivity contribution is 5.76. The molecular weight excluding hydrogens is 244 g/mol. The van der Waals surface area contributed by atoms with E-state index >= 15 is 0 Å². The minimum absolute atomic E-state index is 0.153. The molecule has 0 aliphatic heterocycles. The minimum atomic E-state index is 0.153. The van der Waals surface area contributed by atoms with E-state index in [1.54, 1.807) is 7.11 Å². The SMILES string of the molecule is CCOC1CC(NCCCC(=O)NC2CC2)C1OC. The second-order valence-corrected chi connectivity index (χ2v) is 5.44. The molecule has 0 spiro atoms. The number of hydrogen-bond acceptors (Lipinski definition) is 4. The molecule has 3 atom stereocenters. The lowest BCUT2D eigenvalue weighted by Crippen LogP contribution is -2.59. The Morgan fingerprint density at radius 3 is 2.79 bits per heavy atom. The molecule has 2 rings (SSSR count). The molecule has 2 aliphatic carbocycles. The Bertz CT molecular complexity index is 294. The van der Waals surface area contributed by atoms with E-state index in [0.29, 0.717) is 18.5 Å². The molecule has 0 radical (unpaired) electrons. The summed E-state index contributed by atoms with van der Waals surface area (Å²) in [5.74, 6) is 0.188. The van der Waals surface area contributed by atoms with Crippen LogP contribution in [0.5, 0.6) is 0 Å². The summed E-state index contributed by atoms with van der Waals surface area (Å²) in [6, 6.07) is 0.838. The van der Waals surface area contributed by atoms with Crippen LogP contribution in [0.1, 0.15) is 39.0 Å². The number of carbonyl (C=O) groups excluding carboxylic acids is 1. The summed E-state index contributed by atoms with van der Waals surface area (Å²) in [5, 5.41) is 6.45. The lowest BCUT2D eigenvalue weighted by atomic mass is 9.85. The van der Waals surface area contributed by atoms with Gasteiger partial charge in [0.15, 0.2) is 0 Å². The number of methoxy groups -OCH3 is 1. The number of carbonyl (C=O) groups is 1. The Kier molecular flexibility index (Phi) is 5.60. The fraction of sp³-hybridized carbons (Fsp3) is 0.929. The quantitative estimate of drug-likeness (QED) is 0.609. The summed E-state index contributed by atoms with van der Waals surface area (Å²) in [7, 11) is 1.73. The third kappa shape index (κ3) is 4.44. The van der Waals surface area contributed by atoms with Crippen molar-refractivity contribution < 1.29 is 14.3 Å². The molecule has 0 bridgehead atoms. The van der Waals surface area contributed by atoms with Gasteiger partial charge in [0, 0.05) is 32.2 Å². The van der Waals surface area contributed by atoms with Crippen molar-refractivity contribution in [2.24, 2.45) is 0 Å². The average Bonchev–Trinajstić information content (AvgIpc) is 3.16. The number of ether oxygens (including phenoxy) is 2. The van der Waals surface area contributed by atoms with E-state index in [1.165, 1.54) is 0 Å². The summed E-state index contributed by atoms with van der Waals surface area (Å²) < 4.78 is 11.0. The first-order valence-electron chi connectivity index (χ1n) is 7.41. The minimum Gasteiger partial charge on any atom is -0.377 e. The van der Waals surface area contributed by atoms with Gasteiger partial charge < -0.3 is 20.1 Å². The number of hydrogen-bond donors (Lipinski definition) is 2. The van der Waals surface area contributed by atoms with Gasteiger partial charge >= 0.3 is 0 Å². The van der Waals surface area contributed by atoms with Crippen molar-refractivity contribution in [3.05, 3.63) is 0 Å². The van der Waals surface area contributed by atoms with Crippen LogP contribution in [0.25, 0.3) is 0 Å². The first kappa shape index (κ1) is 14.8. The zero-order valence-corrected chi connectivity index (χ0v) is 12.0. The Hall–Kier alpha value is -0.650. The Morgan fingerprint density at radius 2 is 2.16 bits per heavy atom. The highest BCUT2D eigenvalue weighted by Crippen LogP contribution is 2.26. The van der Waals surface area contributed by atoms with Crippen molar-refractivity contribution in [1.82, 2.24) is 10.6 Å². The normalized spacial score (nSPS) is 29.9. The summed E-state index contributed by atoms with van der Waals surface area (Å²) in [5.41, 5.74) is 0. The summed E-state index contributed by atoms with van der Waals surface area (Å²) in [4.78, 5) is 11.5. The molecule has 5 nitrogen and oxygen atoms in total. The molecule has 0 saturated heterocycles. The first-order chi connectivity index (χ1) is 9.24. The summed E-state index contributed by atoms with van der Waals surface area (Å²) in [6.45, 7) is 3.60. The maximum absolute atomic E-state index is 11.5. The molecule has 19 heavy (non-hydrogen) atoms. The fourth-order valence-corrected chi connectivity index (χ4v) is 2.54. The molecule has 0 aromatic carbocycles. The van der Waals surface area contributed by atoms with Crippen LogP contribution in [0.4, 0.5) is 0 Å². The van der Waals surface area contributed by atoms with Gasteiger partial charge in [-0.05, 0) is 39.2 Å². The van der Waals surface area contributed by atoms with Crippen LogP contribution < -0.4 is 10.6 Å². The van der Waals surface area contributed by atoms with E-state index in [1.807, 2.05) is 6.92 Å². The van der Waals surface area contributed by atoms with Crippen LogP contribution in [0.2, 0.25) is 0 Å². The van der Waals surface area contributed by atoms with E-state index in [0.717, 1.165) is 38.8 Å². The molecule has 2 aliphatic rings. The molecule has 0 aromatic heterocycles. The Morgan fingerprint density at radius 1 is 1.37 bits per heavy atom. The molecular formula is C14H26N2O3. The van der Waals surface area contributed by atoms with Gasteiger partial charge in [0.25, 0.3) is 0 Å². The van der Waals surface area contributed by atoms with Gasteiger partial charge in [-0.15, -0.1) is 0 Å². The van der Waals surface area contributed by atoms with Crippen LogP contribution in [-0.2, 0) is 14.3 Å². The van der Waals surface area contributed by atoms with Gasteiger partial charge in [0.1, 0.15) is 0 Å². The zero-order chi connectivity index (χ0) is 13.7. The predicted molar refractivity (Wildman–Crippen MR) is 73.0 cm³/mol. The summed E-state index contributed by atoms with van der Waals surface area (Å²) >= 11 is 0. The summed E-state index contributed by atoms with van der Waals surface area (Å²) in [6.07, 6.45) is 5.18. The standard InChI is InChI=1S/C14H26N2O3/c1-3-19-12-9-11(14(12)18-2)15-8-4-5-13(17)16-10-6-7-10/h10-12,14-15H,3-9H2,1-2H3,(H,16,17). The van der Waals surface area contributed by atoms with Crippen molar-refractivity contribution in [3.8, 4) is 0 Å². The average molecular weight is 270 g/mol. The molecule has 0 aromatic rings. The van der Waals surface area contributed by atoms with Crippen molar-refractivity contribution >= 4 is 5.91 Å². The number of rotatable bonds is 9. The van der Waals surface area contributed by atoms with Crippen LogP contribution in [0, 0.1) is 0 Å². The van der Waals surface area contributed by atoms with Gasteiger partial charge in [0.2, 0.25) is 5.91 Å². The van der Waals surface area contributed by atoms with Gasteiger partial charge in [-0.3, -0.25) is 4.79 Å². The maximum atomic E-state index is 11.5. The van der Waals surface area contributed by atoms with Gasteiger partial charge in [-0.25, -0.2) is 0 Å². The largest absolute Gasteiger partial charge is 0.377 e. The third-order valence-corrected chi connectivity index (χ3v) is 3.83. The molecule has 3 unspecified atom stereocenters. The van der Waals surface area contributed by atoms with Crippen LogP contribution in [-0.4, -0.2) is 50.5 Å². The zero-order valence-electron chi connectivity index (χ0n) is 12.0. The molecule has 2 N–H and O–H groups in total. The number of amides is 1. The predicted octanol–water partition coefficient (Wildman–Crippen LogP) is 0.827. The van der Waals surface area contributed by atoms with Gasteiger partial charge in [-0.2, -0.15) is 0 Å². The third-order valence-electron chi connectivity index (χ3n) is 3.83. The molecule has 5 heteroatoms. The van der Waals surface area contributed by atoms with E-state index < -0.39 is 0 Å². The van der Waals surface area contributed by atoms with E-state index in [-0.39, 0.29) is 18.1 Å². The van der Waals surface area contributed by atoms with E-state index in [9.17, 15) is 4.79 Å². The lowest BCUT2D eigenvalue weighted by Gasteiger charge is -2.43. The smallest absolute Gasteiger partial charge is 0.220 e. The maximum Gasteiger partial charge on any atom is 0.220 e. The van der Waals surface area contributed by atoms with E-state index in [2.05, 4.69) is 10.6 Å². The molecule has 1 amide bonds. The Labute approximate surface area is 115 Å². The molecule has 0 heterocycles. The van der Waals surface area contributed by atoms with Gasteiger partial charge in [0.05, 0.1) is 12.2 Å². The topological polar surface area (TPSA) is 59.6 Å². The Balaban J connectivity index is 1.52. The van der Waals surface area contributed by atoms with Crippen molar-refractivity contribution in [3.63, 3.8) is 0 Å². The second kappa shape index (κ2) is 7.22. The lowest BCUT2D eigenvalue weighted by molar-refractivity contribution is -0.131. The van der Waals surface area contributed by atoms with Crippen molar-refractivity contribution in [2.45, 2.75) is 63.3 Å². The molecule has 110 valence electrons. The molecule has 2 fully saturated rings. The first-order valence-corrected chi connectivity index (χ1v) is 7.41. The highest BCUT2D eigenvalue weighted by Gasteiger charge is 2.41.